The van der Waals surface area contributed by atoms with Gasteiger partial charge in [0.25, 0.3) is 5.88 Å². The summed E-state index contributed by atoms with van der Waals surface area (Å²) in [5, 5.41) is 17.2. The van der Waals surface area contributed by atoms with Crippen molar-refractivity contribution >= 4 is 21.5 Å². The van der Waals surface area contributed by atoms with Crippen molar-refractivity contribution in [2.45, 2.75) is 38.0 Å². The third-order valence-electron chi connectivity index (χ3n) is 2.26. The molecule has 7 nitrogen and oxygen atoms in total. The highest BCUT2D eigenvalue weighted by atomic mass is 32.3. The molecule has 0 saturated carbocycles. The summed E-state index contributed by atoms with van der Waals surface area (Å²) in [4.78, 5) is 4.02. The quantitative estimate of drug-likeness (QED) is 0.788. The third kappa shape index (κ3) is 4.47. The standard InChI is InChI=1S/C11H10N4O3S2.C2H6/c1-7(2)9-6-19-11(13-9)20(16,17)18-10-4-3-8(5-12)14-15-10;1-2/h3-4,6-7H,1-2H3;1-2H3. The van der Waals surface area contributed by atoms with Crippen molar-refractivity contribution in [1.29, 1.82) is 5.26 Å². The highest BCUT2D eigenvalue weighted by Crippen LogP contribution is 2.23. The fraction of sp³-hybridized carbons (Fsp3) is 0.385. The maximum atomic E-state index is 12.0. The van der Waals surface area contributed by atoms with Gasteiger partial charge in [-0.15, -0.1) is 21.5 Å². The van der Waals surface area contributed by atoms with E-state index in [1.807, 2.05) is 27.7 Å². The van der Waals surface area contributed by atoms with Gasteiger partial charge in [-0.1, -0.05) is 27.7 Å². The van der Waals surface area contributed by atoms with Crippen LogP contribution in [-0.4, -0.2) is 23.6 Å². The smallest absolute Gasteiger partial charge is 0.355 e. The van der Waals surface area contributed by atoms with Gasteiger partial charge < -0.3 is 4.18 Å². The average molecular weight is 340 g/mol. The molecule has 0 aromatic carbocycles. The van der Waals surface area contributed by atoms with Gasteiger partial charge in [-0.2, -0.15) is 13.7 Å². The zero-order valence-electron chi connectivity index (χ0n) is 12.6. The monoisotopic (exact) mass is 340 g/mol. The molecule has 2 aromatic rings. The topological polar surface area (TPSA) is 106 Å². The van der Waals surface area contributed by atoms with E-state index < -0.39 is 10.1 Å². The zero-order chi connectivity index (χ0) is 16.8. The van der Waals surface area contributed by atoms with Crippen molar-refractivity contribution in [1.82, 2.24) is 15.2 Å². The lowest BCUT2D eigenvalue weighted by Crippen LogP contribution is -2.11. The average Bonchev–Trinajstić information content (AvgIpc) is 3.01. The van der Waals surface area contributed by atoms with E-state index >= 15 is 0 Å². The van der Waals surface area contributed by atoms with Gasteiger partial charge in [0.1, 0.15) is 6.07 Å². The van der Waals surface area contributed by atoms with E-state index in [0.717, 1.165) is 11.3 Å². The third-order valence-corrected chi connectivity index (χ3v) is 4.72. The second-order valence-corrected chi connectivity index (χ2v) is 6.68. The Morgan fingerprint density at radius 3 is 2.41 bits per heavy atom. The predicted octanol–water partition coefficient (Wildman–Crippen LogP) is 2.72. The molecule has 0 atom stereocenters. The highest BCUT2D eigenvalue weighted by molar-refractivity contribution is 7.89. The Morgan fingerprint density at radius 2 is 1.95 bits per heavy atom. The number of rotatable bonds is 4. The molecule has 22 heavy (non-hydrogen) atoms. The zero-order valence-corrected chi connectivity index (χ0v) is 14.3. The van der Waals surface area contributed by atoms with Crippen LogP contribution in [-0.2, 0) is 10.1 Å². The van der Waals surface area contributed by atoms with Crippen LogP contribution >= 0.6 is 11.3 Å². The van der Waals surface area contributed by atoms with Crippen LogP contribution in [0.4, 0.5) is 0 Å². The molecule has 0 bridgehead atoms. The molecule has 0 unspecified atom stereocenters. The molecule has 0 aliphatic rings. The van der Waals surface area contributed by atoms with Crippen LogP contribution in [0, 0.1) is 11.3 Å². The van der Waals surface area contributed by atoms with E-state index in [1.54, 1.807) is 11.4 Å². The minimum Gasteiger partial charge on any atom is -0.355 e. The second-order valence-electron chi connectivity index (χ2n) is 4.10. The Hall–Kier alpha value is -2.05. The molecule has 0 saturated heterocycles. The van der Waals surface area contributed by atoms with Gasteiger partial charge in [-0.05, 0) is 12.0 Å². The van der Waals surface area contributed by atoms with Crippen molar-refractivity contribution in [3.05, 3.63) is 28.9 Å². The minimum atomic E-state index is -4.02. The van der Waals surface area contributed by atoms with Crippen LogP contribution in [0.5, 0.6) is 5.88 Å². The van der Waals surface area contributed by atoms with Crippen molar-refractivity contribution in [2.24, 2.45) is 0 Å². The normalized spacial score (nSPS) is 10.5. The number of nitrogens with zero attached hydrogens (tertiary/aromatic N) is 4. The van der Waals surface area contributed by atoms with Crippen LogP contribution < -0.4 is 4.18 Å². The molecule has 0 amide bonds. The van der Waals surface area contributed by atoms with E-state index in [4.69, 9.17) is 9.44 Å². The molecule has 0 spiro atoms. The summed E-state index contributed by atoms with van der Waals surface area (Å²) in [7, 11) is -4.02. The first kappa shape index (κ1) is 18.0. The number of thiazole rings is 1. The highest BCUT2D eigenvalue weighted by Gasteiger charge is 2.22. The van der Waals surface area contributed by atoms with Crippen LogP contribution in [0.25, 0.3) is 0 Å². The molecule has 0 fully saturated rings. The SMILES string of the molecule is CC.CC(C)c1csc(S(=O)(=O)Oc2ccc(C#N)nn2)n1. The molecular weight excluding hydrogens is 324 g/mol. The first-order chi connectivity index (χ1) is 10.4. The summed E-state index contributed by atoms with van der Waals surface area (Å²) in [6, 6.07) is 4.36. The van der Waals surface area contributed by atoms with Crippen LogP contribution in [0.2, 0.25) is 0 Å². The molecule has 2 rings (SSSR count). The van der Waals surface area contributed by atoms with Gasteiger partial charge >= 0.3 is 10.1 Å². The Bertz CT molecular complexity index is 746. The van der Waals surface area contributed by atoms with Crippen LogP contribution in [0.3, 0.4) is 0 Å². The maximum absolute atomic E-state index is 12.0. The van der Waals surface area contributed by atoms with Crippen molar-refractivity contribution < 1.29 is 12.6 Å². The number of nitriles is 1. The van der Waals surface area contributed by atoms with Gasteiger partial charge in [-0.3, -0.25) is 0 Å². The summed E-state index contributed by atoms with van der Waals surface area (Å²) in [5.74, 6) is -0.0739. The lowest BCUT2D eigenvalue weighted by atomic mass is 10.2. The Labute approximate surface area is 133 Å². The largest absolute Gasteiger partial charge is 0.368 e. The van der Waals surface area contributed by atoms with E-state index in [1.165, 1.54) is 12.1 Å². The fourth-order valence-electron chi connectivity index (χ4n) is 1.22. The maximum Gasteiger partial charge on any atom is 0.368 e. The summed E-state index contributed by atoms with van der Waals surface area (Å²) in [6.07, 6.45) is 0. The molecule has 0 aliphatic carbocycles. The first-order valence-corrected chi connectivity index (χ1v) is 8.85. The van der Waals surface area contributed by atoms with E-state index in [0.29, 0.717) is 5.69 Å². The van der Waals surface area contributed by atoms with E-state index in [2.05, 4.69) is 15.2 Å². The Morgan fingerprint density at radius 1 is 1.27 bits per heavy atom. The van der Waals surface area contributed by atoms with Gasteiger partial charge in [0, 0.05) is 11.4 Å². The van der Waals surface area contributed by atoms with Crippen molar-refractivity contribution in [2.75, 3.05) is 0 Å². The van der Waals surface area contributed by atoms with Gasteiger partial charge in [-0.25, -0.2) is 4.98 Å². The van der Waals surface area contributed by atoms with Gasteiger partial charge in [0.05, 0.1) is 5.69 Å². The van der Waals surface area contributed by atoms with Crippen molar-refractivity contribution in [3.8, 4) is 11.9 Å². The van der Waals surface area contributed by atoms with Crippen molar-refractivity contribution in [3.63, 3.8) is 0 Å². The fourth-order valence-corrected chi connectivity index (χ4v) is 3.25. The molecule has 118 valence electrons. The summed E-state index contributed by atoms with van der Waals surface area (Å²) >= 11 is 0.987. The number of hydrogen-bond donors (Lipinski definition) is 0. The Kier molecular flexibility index (Phi) is 6.39. The summed E-state index contributed by atoms with van der Waals surface area (Å²) in [5.41, 5.74) is 0.758. The number of aromatic nitrogens is 3. The lowest BCUT2D eigenvalue weighted by molar-refractivity contribution is 0.470. The van der Waals surface area contributed by atoms with Crippen LogP contribution in [0.1, 0.15) is 45.0 Å². The molecule has 0 aliphatic heterocycles. The van der Waals surface area contributed by atoms with E-state index in [9.17, 15) is 8.42 Å². The molecule has 2 aromatic heterocycles. The molecular formula is C13H16N4O3S2. The minimum absolute atomic E-state index is 0.0751. The second kappa shape index (κ2) is 7.82. The lowest BCUT2D eigenvalue weighted by Gasteiger charge is -2.02. The molecule has 0 radical (unpaired) electrons. The molecule has 9 heteroatoms. The Balaban J connectivity index is 0.00000116. The number of hydrogen-bond acceptors (Lipinski definition) is 8. The summed E-state index contributed by atoms with van der Waals surface area (Å²) < 4.78 is 28.7. The molecule has 0 N–H and O–H groups in total. The van der Waals surface area contributed by atoms with Crippen LogP contribution in [0.15, 0.2) is 21.9 Å². The van der Waals surface area contributed by atoms with E-state index in [-0.39, 0.29) is 21.8 Å². The first-order valence-electron chi connectivity index (χ1n) is 6.56. The van der Waals surface area contributed by atoms with Gasteiger partial charge in [0.2, 0.25) is 4.34 Å². The predicted molar refractivity (Wildman–Crippen MR) is 82.1 cm³/mol. The summed E-state index contributed by atoms with van der Waals surface area (Å²) in [6.45, 7) is 7.83. The van der Waals surface area contributed by atoms with Gasteiger partial charge in [0.15, 0.2) is 5.69 Å². The molecule has 2 heterocycles.